The van der Waals surface area contributed by atoms with Crippen LogP contribution in [0.25, 0.3) is 10.9 Å². The Hall–Kier alpha value is -2.75. The number of methoxy groups -OCH3 is 1. The van der Waals surface area contributed by atoms with E-state index in [0.717, 1.165) is 33.5 Å². The van der Waals surface area contributed by atoms with Gasteiger partial charge in [-0.1, -0.05) is 17.7 Å². The van der Waals surface area contributed by atoms with Gasteiger partial charge in [-0.15, -0.1) is 0 Å². The molecule has 0 saturated carbocycles. The van der Waals surface area contributed by atoms with E-state index in [4.69, 9.17) is 4.74 Å². The molecule has 0 spiro atoms. The molecule has 0 bridgehead atoms. The number of hydrogen-bond donors (Lipinski definition) is 2. The maximum absolute atomic E-state index is 12.4. The van der Waals surface area contributed by atoms with Crippen molar-refractivity contribution in [2.75, 3.05) is 12.4 Å². The predicted molar refractivity (Wildman–Crippen MR) is 93.1 cm³/mol. The largest absolute Gasteiger partial charge is 0.497 e. The lowest BCUT2D eigenvalue weighted by Gasteiger charge is -2.09. The van der Waals surface area contributed by atoms with Gasteiger partial charge in [-0.3, -0.25) is 4.79 Å². The molecule has 4 nitrogen and oxygen atoms in total. The average Bonchev–Trinajstić information content (AvgIpc) is 2.92. The lowest BCUT2D eigenvalue weighted by molar-refractivity contribution is -0.115. The van der Waals surface area contributed by atoms with Crippen molar-refractivity contribution in [3.05, 3.63) is 59.3 Å². The Bertz CT molecular complexity index is 865. The number of rotatable bonds is 4. The summed E-state index contributed by atoms with van der Waals surface area (Å²) < 4.78 is 5.26. The third kappa shape index (κ3) is 3.21. The van der Waals surface area contributed by atoms with E-state index in [1.807, 2.05) is 50.4 Å². The molecule has 0 aliphatic carbocycles. The zero-order valence-corrected chi connectivity index (χ0v) is 13.6. The van der Waals surface area contributed by atoms with Crippen LogP contribution in [0.15, 0.2) is 42.6 Å². The van der Waals surface area contributed by atoms with E-state index < -0.39 is 0 Å². The van der Waals surface area contributed by atoms with Gasteiger partial charge in [-0.05, 0) is 49.2 Å². The first-order chi connectivity index (χ1) is 11.1. The second kappa shape index (κ2) is 6.16. The number of H-pyrrole nitrogens is 1. The topological polar surface area (TPSA) is 54.1 Å². The molecular weight excluding hydrogens is 288 g/mol. The number of nitrogens with one attached hydrogen (secondary N) is 2. The summed E-state index contributed by atoms with van der Waals surface area (Å²) in [5, 5.41) is 4.00. The van der Waals surface area contributed by atoms with Crippen LogP contribution in [0.4, 0.5) is 5.69 Å². The molecule has 0 atom stereocenters. The summed E-state index contributed by atoms with van der Waals surface area (Å²) in [5.74, 6) is 0.758. The average molecular weight is 308 g/mol. The third-order valence-corrected chi connectivity index (χ3v) is 3.98. The van der Waals surface area contributed by atoms with Gasteiger partial charge in [0.2, 0.25) is 5.91 Å². The Labute approximate surface area is 135 Å². The summed E-state index contributed by atoms with van der Waals surface area (Å²) in [5.41, 5.74) is 5.07. The second-order valence-corrected chi connectivity index (χ2v) is 5.77. The van der Waals surface area contributed by atoms with Crippen molar-refractivity contribution in [1.29, 1.82) is 0 Å². The van der Waals surface area contributed by atoms with Crippen LogP contribution in [-0.4, -0.2) is 18.0 Å². The van der Waals surface area contributed by atoms with Gasteiger partial charge >= 0.3 is 0 Å². The molecule has 0 aliphatic heterocycles. The van der Waals surface area contributed by atoms with Crippen LogP contribution in [0.2, 0.25) is 0 Å². The molecule has 3 rings (SSSR count). The van der Waals surface area contributed by atoms with Crippen LogP contribution in [0, 0.1) is 13.8 Å². The minimum atomic E-state index is -0.0272. The second-order valence-electron chi connectivity index (χ2n) is 5.77. The van der Waals surface area contributed by atoms with E-state index in [1.165, 1.54) is 5.56 Å². The van der Waals surface area contributed by atoms with Crippen molar-refractivity contribution in [2.24, 2.45) is 0 Å². The Morgan fingerprint density at radius 1 is 1.17 bits per heavy atom. The summed E-state index contributed by atoms with van der Waals surface area (Å²) in [4.78, 5) is 15.6. The minimum Gasteiger partial charge on any atom is -0.497 e. The number of hydrogen-bond acceptors (Lipinski definition) is 2. The van der Waals surface area contributed by atoms with Gasteiger partial charge in [-0.2, -0.15) is 0 Å². The van der Waals surface area contributed by atoms with Gasteiger partial charge in [0.1, 0.15) is 5.75 Å². The number of aromatic nitrogens is 1. The molecular formula is C19H20N2O2. The number of fused-ring (bicyclic) bond motifs is 1. The van der Waals surface area contributed by atoms with Crippen LogP contribution in [-0.2, 0) is 11.2 Å². The number of benzene rings is 2. The highest BCUT2D eigenvalue weighted by atomic mass is 16.5. The van der Waals surface area contributed by atoms with Gasteiger partial charge in [0.25, 0.3) is 0 Å². The molecule has 0 aliphatic rings. The quantitative estimate of drug-likeness (QED) is 0.766. The zero-order chi connectivity index (χ0) is 16.4. The van der Waals surface area contributed by atoms with Crippen LogP contribution in [0.3, 0.4) is 0 Å². The van der Waals surface area contributed by atoms with Gasteiger partial charge in [-0.25, -0.2) is 0 Å². The number of ether oxygens (including phenoxy) is 1. The number of carbonyl (C=O) groups excluding carboxylic acids is 1. The first-order valence-corrected chi connectivity index (χ1v) is 7.58. The molecule has 0 unspecified atom stereocenters. The van der Waals surface area contributed by atoms with Gasteiger partial charge in [0.05, 0.1) is 13.5 Å². The standard InChI is InChI=1S/C19H20N2O2/c1-12-4-6-17(13(2)8-12)21-19(22)9-14-11-20-18-7-5-15(23-3)10-16(14)18/h4-8,10-11,20H,9H2,1-3H3,(H,21,22). The van der Waals surface area contributed by atoms with Crippen molar-refractivity contribution in [1.82, 2.24) is 4.98 Å². The number of anilines is 1. The number of amides is 1. The molecule has 23 heavy (non-hydrogen) atoms. The maximum Gasteiger partial charge on any atom is 0.228 e. The molecule has 1 amide bonds. The molecule has 0 saturated heterocycles. The van der Waals surface area contributed by atoms with Crippen molar-refractivity contribution >= 4 is 22.5 Å². The van der Waals surface area contributed by atoms with Crippen molar-refractivity contribution in [3.8, 4) is 5.75 Å². The molecule has 4 heteroatoms. The molecule has 2 aromatic carbocycles. The van der Waals surface area contributed by atoms with Gasteiger partial charge < -0.3 is 15.0 Å². The van der Waals surface area contributed by atoms with Crippen molar-refractivity contribution in [3.63, 3.8) is 0 Å². The molecule has 3 aromatic rings. The molecule has 0 fully saturated rings. The minimum absolute atomic E-state index is 0.0272. The number of aromatic amines is 1. The van der Waals surface area contributed by atoms with Crippen LogP contribution in [0.1, 0.15) is 16.7 Å². The van der Waals surface area contributed by atoms with E-state index in [1.54, 1.807) is 7.11 Å². The number of carbonyl (C=O) groups is 1. The van der Waals surface area contributed by atoms with Crippen molar-refractivity contribution in [2.45, 2.75) is 20.3 Å². The summed E-state index contributed by atoms with van der Waals surface area (Å²) in [6.07, 6.45) is 2.20. The first-order valence-electron chi connectivity index (χ1n) is 7.58. The number of aryl methyl sites for hydroxylation is 2. The fourth-order valence-electron chi connectivity index (χ4n) is 2.75. The Morgan fingerprint density at radius 2 is 2.00 bits per heavy atom. The van der Waals surface area contributed by atoms with Crippen LogP contribution < -0.4 is 10.1 Å². The highest BCUT2D eigenvalue weighted by molar-refractivity contribution is 5.96. The summed E-state index contributed by atoms with van der Waals surface area (Å²) >= 11 is 0. The summed E-state index contributed by atoms with van der Waals surface area (Å²) in [6.45, 7) is 4.04. The van der Waals surface area contributed by atoms with Crippen LogP contribution in [0.5, 0.6) is 5.75 Å². The molecule has 1 heterocycles. The summed E-state index contributed by atoms with van der Waals surface area (Å²) in [6, 6.07) is 11.8. The van der Waals surface area contributed by atoms with E-state index in [9.17, 15) is 4.79 Å². The van der Waals surface area contributed by atoms with Gasteiger partial charge in [0, 0.05) is 22.8 Å². The predicted octanol–water partition coefficient (Wildman–Crippen LogP) is 3.97. The lowest BCUT2D eigenvalue weighted by atomic mass is 10.1. The van der Waals surface area contributed by atoms with E-state index >= 15 is 0 Å². The molecule has 2 N–H and O–H groups in total. The first kappa shape index (κ1) is 15.2. The smallest absolute Gasteiger partial charge is 0.228 e. The summed E-state index contributed by atoms with van der Waals surface area (Å²) in [7, 11) is 1.64. The fraction of sp³-hybridized carbons (Fsp3) is 0.211. The lowest BCUT2D eigenvalue weighted by Crippen LogP contribution is -2.15. The Morgan fingerprint density at radius 3 is 2.74 bits per heavy atom. The fourth-order valence-corrected chi connectivity index (χ4v) is 2.75. The Kier molecular flexibility index (Phi) is 4.06. The van der Waals surface area contributed by atoms with Gasteiger partial charge in [0.15, 0.2) is 0 Å². The molecule has 118 valence electrons. The molecule has 0 radical (unpaired) electrons. The SMILES string of the molecule is COc1ccc2[nH]cc(CC(=O)Nc3ccc(C)cc3C)c2c1. The van der Waals surface area contributed by atoms with Crippen molar-refractivity contribution < 1.29 is 9.53 Å². The Balaban J connectivity index is 1.80. The third-order valence-electron chi connectivity index (χ3n) is 3.98. The molecule has 1 aromatic heterocycles. The highest BCUT2D eigenvalue weighted by Gasteiger charge is 2.11. The highest BCUT2D eigenvalue weighted by Crippen LogP contribution is 2.24. The van der Waals surface area contributed by atoms with E-state index in [-0.39, 0.29) is 5.91 Å². The maximum atomic E-state index is 12.4. The monoisotopic (exact) mass is 308 g/mol. The van der Waals surface area contributed by atoms with E-state index in [2.05, 4.69) is 16.4 Å². The van der Waals surface area contributed by atoms with Crippen LogP contribution >= 0.6 is 0 Å². The normalized spacial score (nSPS) is 10.7. The zero-order valence-electron chi connectivity index (χ0n) is 13.6. The van der Waals surface area contributed by atoms with E-state index in [0.29, 0.717) is 6.42 Å².